The normalized spacial score (nSPS) is 25.8. The van der Waals surface area contributed by atoms with Crippen LogP contribution >= 0.6 is 22.9 Å². The van der Waals surface area contributed by atoms with Crippen molar-refractivity contribution in [1.82, 2.24) is 9.88 Å². The van der Waals surface area contributed by atoms with Gasteiger partial charge in [0.05, 0.1) is 11.3 Å². The fourth-order valence-corrected chi connectivity index (χ4v) is 5.38. The lowest BCUT2D eigenvalue weighted by molar-refractivity contribution is -0.0885. The molecule has 0 bridgehead atoms. The van der Waals surface area contributed by atoms with Crippen LogP contribution < -0.4 is 0 Å². The van der Waals surface area contributed by atoms with Crippen molar-refractivity contribution in [2.24, 2.45) is 5.92 Å². The Morgan fingerprint density at radius 3 is 2.85 bits per heavy atom. The van der Waals surface area contributed by atoms with Gasteiger partial charge in [0.2, 0.25) is 0 Å². The summed E-state index contributed by atoms with van der Waals surface area (Å²) in [4.78, 5) is 20.3. The Balaban J connectivity index is 1.54. The Kier molecular flexibility index (Phi) is 4.80. The van der Waals surface area contributed by atoms with E-state index < -0.39 is 5.60 Å². The van der Waals surface area contributed by atoms with E-state index in [-0.39, 0.29) is 11.8 Å². The standard InChI is InChI=1S/C20H23ClN2O2S/c1-13-17(26-18(22-13)14-5-7-16(21)8-6-14)19(24)23-11-10-20(25)9-3-2-4-15(20)12-23/h5-8,15,25H,2-4,9-12H2,1H3/t15-,20-/m1/s1. The molecule has 1 N–H and O–H groups in total. The predicted octanol–water partition coefficient (Wildman–Crippen LogP) is 4.54. The molecule has 1 aromatic heterocycles. The molecule has 26 heavy (non-hydrogen) atoms. The van der Waals surface area contributed by atoms with Crippen LogP contribution in [0.2, 0.25) is 5.02 Å². The van der Waals surface area contributed by atoms with E-state index in [1.54, 1.807) is 0 Å². The second kappa shape index (κ2) is 6.95. The number of hydrogen-bond acceptors (Lipinski definition) is 4. The molecule has 1 aromatic carbocycles. The van der Waals surface area contributed by atoms with Gasteiger partial charge in [-0.15, -0.1) is 11.3 Å². The number of fused-ring (bicyclic) bond motifs is 1. The Hall–Kier alpha value is -1.43. The number of amides is 1. The molecule has 1 amide bonds. The van der Waals surface area contributed by atoms with E-state index in [2.05, 4.69) is 4.98 Å². The zero-order valence-corrected chi connectivity index (χ0v) is 16.4. The summed E-state index contributed by atoms with van der Waals surface area (Å²) in [6.45, 7) is 3.17. The second-order valence-corrected chi connectivity index (χ2v) is 8.92. The highest BCUT2D eigenvalue weighted by atomic mass is 35.5. The van der Waals surface area contributed by atoms with Crippen LogP contribution in [0.15, 0.2) is 24.3 Å². The van der Waals surface area contributed by atoms with Gasteiger partial charge in [-0.2, -0.15) is 0 Å². The van der Waals surface area contributed by atoms with E-state index in [0.717, 1.165) is 41.9 Å². The summed E-state index contributed by atoms with van der Waals surface area (Å²) < 4.78 is 0. The quantitative estimate of drug-likeness (QED) is 0.819. The maximum Gasteiger partial charge on any atom is 0.265 e. The molecule has 2 aromatic rings. The lowest BCUT2D eigenvalue weighted by Crippen LogP contribution is -2.54. The van der Waals surface area contributed by atoms with Gasteiger partial charge in [-0.25, -0.2) is 4.98 Å². The Bertz CT molecular complexity index is 820. The summed E-state index contributed by atoms with van der Waals surface area (Å²) in [7, 11) is 0. The lowest BCUT2D eigenvalue weighted by atomic mass is 9.71. The minimum Gasteiger partial charge on any atom is -0.389 e. The van der Waals surface area contributed by atoms with E-state index in [4.69, 9.17) is 11.6 Å². The number of nitrogens with zero attached hydrogens (tertiary/aromatic N) is 2. The fourth-order valence-electron chi connectivity index (χ4n) is 4.21. The molecule has 1 saturated carbocycles. The van der Waals surface area contributed by atoms with Crippen LogP contribution in [0.3, 0.4) is 0 Å². The molecule has 0 spiro atoms. The summed E-state index contributed by atoms with van der Waals surface area (Å²) >= 11 is 7.40. The molecule has 2 fully saturated rings. The van der Waals surface area contributed by atoms with Crippen LogP contribution in [0.5, 0.6) is 0 Å². The number of piperidine rings is 1. The van der Waals surface area contributed by atoms with Gasteiger partial charge < -0.3 is 10.0 Å². The largest absolute Gasteiger partial charge is 0.389 e. The van der Waals surface area contributed by atoms with E-state index in [0.29, 0.717) is 29.4 Å². The zero-order chi connectivity index (χ0) is 18.3. The van der Waals surface area contributed by atoms with Crippen LogP contribution in [0.1, 0.15) is 47.5 Å². The number of aromatic nitrogens is 1. The molecule has 6 heteroatoms. The van der Waals surface area contributed by atoms with Crippen molar-refractivity contribution >= 4 is 28.8 Å². The van der Waals surface area contributed by atoms with Gasteiger partial charge >= 0.3 is 0 Å². The van der Waals surface area contributed by atoms with Gasteiger partial charge in [0, 0.05) is 29.6 Å². The average Bonchev–Trinajstić information content (AvgIpc) is 3.02. The van der Waals surface area contributed by atoms with Crippen molar-refractivity contribution in [2.45, 2.75) is 44.6 Å². The van der Waals surface area contributed by atoms with Crippen molar-refractivity contribution in [3.05, 3.63) is 39.9 Å². The molecular formula is C20H23ClN2O2S. The summed E-state index contributed by atoms with van der Waals surface area (Å²) in [6.07, 6.45) is 4.82. The number of rotatable bonds is 2. The number of aliphatic hydroxyl groups is 1. The highest BCUT2D eigenvalue weighted by Crippen LogP contribution is 2.40. The third-order valence-electron chi connectivity index (χ3n) is 5.80. The highest BCUT2D eigenvalue weighted by Gasteiger charge is 2.44. The molecule has 2 atom stereocenters. The minimum absolute atomic E-state index is 0.0489. The van der Waals surface area contributed by atoms with Crippen molar-refractivity contribution < 1.29 is 9.90 Å². The number of hydrogen-bond donors (Lipinski definition) is 1. The molecule has 2 aliphatic rings. The molecule has 138 valence electrons. The van der Waals surface area contributed by atoms with Crippen LogP contribution in [0.4, 0.5) is 0 Å². The molecule has 1 aliphatic heterocycles. The molecule has 1 aliphatic carbocycles. The van der Waals surface area contributed by atoms with E-state index in [1.165, 1.54) is 11.3 Å². The number of carbonyl (C=O) groups is 1. The predicted molar refractivity (Wildman–Crippen MR) is 105 cm³/mol. The number of likely N-dealkylation sites (tertiary alicyclic amines) is 1. The number of thiazole rings is 1. The van der Waals surface area contributed by atoms with E-state index >= 15 is 0 Å². The molecule has 1 saturated heterocycles. The van der Waals surface area contributed by atoms with Crippen molar-refractivity contribution in [3.63, 3.8) is 0 Å². The number of halogens is 1. The van der Waals surface area contributed by atoms with Crippen molar-refractivity contribution in [2.75, 3.05) is 13.1 Å². The average molecular weight is 391 g/mol. The summed E-state index contributed by atoms with van der Waals surface area (Å²) in [5, 5.41) is 12.4. The van der Waals surface area contributed by atoms with Crippen LogP contribution in [-0.2, 0) is 0 Å². The molecule has 4 nitrogen and oxygen atoms in total. The Morgan fingerprint density at radius 1 is 1.31 bits per heavy atom. The van der Waals surface area contributed by atoms with Gasteiger partial charge in [-0.05, 0) is 38.3 Å². The third kappa shape index (κ3) is 3.28. The van der Waals surface area contributed by atoms with Crippen LogP contribution in [0, 0.1) is 12.8 Å². The smallest absolute Gasteiger partial charge is 0.265 e. The van der Waals surface area contributed by atoms with Crippen LogP contribution in [0.25, 0.3) is 10.6 Å². The zero-order valence-electron chi connectivity index (χ0n) is 14.9. The van der Waals surface area contributed by atoms with E-state index in [1.807, 2.05) is 36.1 Å². The van der Waals surface area contributed by atoms with Gasteiger partial charge in [-0.3, -0.25) is 4.79 Å². The first-order chi connectivity index (χ1) is 12.5. The first kappa shape index (κ1) is 18.0. The molecule has 0 unspecified atom stereocenters. The summed E-state index contributed by atoms with van der Waals surface area (Å²) in [6, 6.07) is 7.53. The summed E-state index contributed by atoms with van der Waals surface area (Å²) in [5.74, 6) is 0.255. The highest BCUT2D eigenvalue weighted by molar-refractivity contribution is 7.17. The number of carbonyl (C=O) groups excluding carboxylic acids is 1. The Labute approximate surface area is 162 Å². The SMILES string of the molecule is Cc1nc(-c2ccc(Cl)cc2)sc1C(=O)N1CC[C@]2(O)CCCC[C@@H]2C1. The first-order valence-corrected chi connectivity index (χ1v) is 10.4. The van der Waals surface area contributed by atoms with Gasteiger partial charge in [-0.1, -0.05) is 36.6 Å². The van der Waals surface area contributed by atoms with Crippen molar-refractivity contribution in [3.8, 4) is 10.6 Å². The van der Waals surface area contributed by atoms with Gasteiger partial charge in [0.15, 0.2) is 0 Å². The maximum atomic E-state index is 13.1. The van der Waals surface area contributed by atoms with Crippen molar-refractivity contribution in [1.29, 1.82) is 0 Å². The third-order valence-corrected chi connectivity index (χ3v) is 7.24. The second-order valence-electron chi connectivity index (χ2n) is 7.49. The summed E-state index contributed by atoms with van der Waals surface area (Å²) in [5.41, 5.74) is 1.18. The first-order valence-electron chi connectivity index (χ1n) is 9.21. The van der Waals surface area contributed by atoms with Gasteiger partial charge in [0.25, 0.3) is 5.91 Å². The molecule has 2 heterocycles. The lowest BCUT2D eigenvalue weighted by Gasteiger charge is -2.47. The minimum atomic E-state index is -0.563. The van der Waals surface area contributed by atoms with E-state index in [9.17, 15) is 9.90 Å². The topological polar surface area (TPSA) is 53.4 Å². The number of aryl methyl sites for hydroxylation is 1. The van der Waals surface area contributed by atoms with Crippen LogP contribution in [-0.4, -0.2) is 39.6 Å². The monoisotopic (exact) mass is 390 g/mol. The molecular weight excluding hydrogens is 368 g/mol. The van der Waals surface area contributed by atoms with Gasteiger partial charge in [0.1, 0.15) is 9.88 Å². The maximum absolute atomic E-state index is 13.1. The molecule has 0 radical (unpaired) electrons. The fraction of sp³-hybridized carbons (Fsp3) is 0.500. The Morgan fingerprint density at radius 2 is 2.08 bits per heavy atom. The molecule has 4 rings (SSSR count). The number of benzene rings is 1.